The van der Waals surface area contributed by atoms with Crippen molar-refractivity contribution < 1.29 is 9.13 Å². The van der Waals surface area contributed by atoms with Crippen LogP contribution in [0.4, 0.5) is 4.39 Å². The van der Waals surface area contributed by atoms with Gasteiger partial charge in [0.1, 0.15) is 18.2 Å². The van der Waals surface area contributed by atoms with Gasteiger partial charge in [0, 0.05) is 5.54 Å². The fraction of sp³-hybridized carbons (Fsp3) is 0.111. The lowest BCUT2D eigenvalue weighted by molar-refractivity contribution is 0.358. The minimum absolute atomic E-state index is 0.170. The van der Waals surface area contributed by atoms with Crippen molar-refractivity contribution in [3.8, 4) is 5.75 Å². The van der Waals surface area contributed by atoms with Gasteiger partial charge in [0.25, 0.3) is 0 Å². The Balaban J connectivity index is 2.64. The smallest absolute Gasteiger partial charge is 0.137 e. The SMILES string of the molecule is Fc1ccc(OC/C(Cl)=C/Cl)cc1Br. The van der Waals surface area contributed by atoms with E-state index < -0.39 is 0 Å². The van der Waals surface area contributed by atoms with Crippen LogP contribution in [0.15, 0.2) is 33.2 Å². The fourth-order valence-corrected chi connectivity index (χ4v) is 1.23. The summed E-state index contributed by atoms with van der Waals surface area (Å²) < 4.78 is 18.4. The molecule has 1 rings (SSSR count). The van der Waals surface area contributed by atoms with E-state index in [1.54, 1.807) is 0 Å². The number of rotatable bonds is 3. The molecule has 0 saturated heterocycles. The molecule has 0 aliphatic heterocycles. The molecule has 1 aromatic carbocycles. The van der Waals surface area contributed by atoms with Crippen molar-refractivity contribution in [3.63, 3.8) is 0 Å². The maximum Gasteiger partial charge on any atom is 0.137 e. The largest absolute Gasteiger partial charge is 0.488 e. The van der Waals surface area contributed by atoms with Gasteiger partial charge in [-0.25, -0.2) is 4.39 Å². The molecule has 14 heavy (non-hydrogen) atoms. The normalized spacial score (nSPS) is 11.6. The molecule has 1 aromatic rings. The van der Waals surface area contributed by atoms with Crippen LogP contribution >= 0.6 is 39.1 Å². The van der Waals surface area contributed by atoms with Crippen LogP contribution in [0.1, 0.15) is 0 Å². The first-order valence-corrected chi connectivity index (χ1v) is 5.27. The van der Waals surface area contributed by atoms with Gasteiger partial charge in [-0.1, -0.05) is 23.2 Å². The molecular weight excluding hydrogens is 294 g/mol. The van der Waals surface area contributed by atoms with Crippen LogP contribution in [-0.4, -0.2) is 6.61 Å². The molecule has 0 saturated carbocycles. The minimum Gasteiger partial charge on any atom is -0.488 e. The zero-order valence-electron chi connectivity index (χ0n) is 6.94. The predicted octanol–water partition coefficient (Wildman–Crippen LogP) is 4.29. The zero-order valence-corrected chi connectivity index (χ0v) is 10.0. The monoisotopic (exact) mass is 298 g/mol. The first-order valence-electron chi connectivity index (χ1n) is 3.66. The first-order chi connectivity index (χ1) is 6.63. The summed E-state index contributed by atoms with van der Waals surface area (Å²) in [6, 6.07) is 4.34. The van der Waals surface area contributed by atoms with Crippen molar-refractivity contribution in [2.24, 2.45) is 0 Å². The maximum atomic E-state index is 12.8. The maximum absolute atomic E-state index is 12.8. The third-order valence-electron chi connectivity index (χ3n) is 1.39. The van der Waals surface area contributed by atoms with Gasteiger partial charge in [-0.3, -0.25) is 0 Å². The van der Waals surface area contributed by atoms with Crippen LogP contribution < -0.4 is 4.74 Å². The zero-order chi connectivity index (χ0) is 10.6. The number of benzene rings is 1. The van der Waals surface area contributed by atoms with Gasteiger partial charge in [0.2, 0.25) is 0 Å². The summed E-state index contributed by atoms with van der Waals surface area (Å²) in [5.74, 6) is 0.186. The van der Waals surface area contributed by atoms with Crippen LogP contribution in [0.25, 0.3) is 0 Å². The van der Waals surface area contributed by atoms with Gasteiger partial charge in [-0.2, -0.15) is 0 Å². The topological polar surface area (TPSA) is 9.23 Å². The summed E-state index contributed by atoms with van der Waals surface area (Å²) in [7, 11) is 0. The molecule has 1 nitrogen and oxygen atoms in total. The van der Waals surface area contributed by atoms with Crippen LogP contribution in [0.2, 0.25) is 0 Å². The van der Waals surface area contributed by atoms with Crippen LogP contribution in [0, 0.1) is 5.82 Å². The minimum atomic E-state index is -0.337. The van der Waals surface area contributed by atoms with Crippen molar-refractivity contribution in [2.45, 2.75) is 0 Å². The second-order valence-electron chi connectivity index (χ2n) is 2.42. The van der Waals surface area contributed by atoms with E-state index in [0.29, 0.717) is 15.3 Å². The van der Waals surface area contributed by atoms with Crippen molar-refractivity contribution in [1.29, 1.82) is 0 Å². The Hall–Kier alpha value is -0.250. The van der Waals surface area contributed by atoms with E-state index in [1.165, 1.54) is 23.7 Å². The Labute approximate surface area is 99.6 Å². The molecule has 0 aliphatic carbocycles. The molecule has 76 valence electrons. The van der Waals surface area contributed by atoms with Gasteiger partial charge in [-0.05, 0) is 34.1 Å². The van der Waals surface area contributed by atoms with Crippen LogP contribution in [0.3, 0.4) is 0 Å². The third-order valence-corrected chi connectivity index (χ3v) is 2.59. The second-order valence-corrected chi connectivity index (χ2v) is 3.98. The number of halogens is 4. The molecule has 0 atom stereocenters. The lowest BCUT2D eigenvalue weighted by Crippen LogP contribution is -1.96. The Kier molecular flexibility index (Phi) is 4.72. The van der Waals surface area contributed by atoms with E-state index in [0.717, 1.165) is 0 Å². The van der Waals surface area contributed by atoms with Gasteiger partial charge < -0.3 is 4.74 Å². The predicted molar refractivity (Wildman–Crippen MR) is 59.4 cm³/mol. The molecule has 0 bridgehead atoms. The number of hydrogen-bond acceptors (Lipinski definition) is 1. The molecule has 0 fully saturated rings. The molecule has 0 heterocycles. The van der Waals surface area contributed by atoms with E-state index in [4.69, 9.17) is 27.9 Å². The van der Waals surface area contributed by atoms with Gasteiger partial charge in [0.15, 0.2) is 0 Å². The van der Waals surface area contributed by atoms with Crippen molar-refractivity contribution >= 4 is 39.1 Å². The Morgan fingerprint density at radius 3 is 2.86 bits per heavy atom. The third kappa shape index (κ3) is 3.48. The molecule has 0 spiro atoms. The average molecular weight is 300 g/mol. The fourth-order valence-electron chi connectivity index (χ4n) is 0.750. The summed E-state index contributed by atoms with van der Waals surface area (Å²) >= 11 is 14.0. The molecule has 5 heteroatoms. The molecule has 0 radical (unpaired) electrons. The van der Waals surface area contributed by atoms with E-state index >= 15 is 0 Å². The van der Waals surface area contributed by atoms with Crippen molar-refractivity contribution in [1.82, 2.24) is 0 Å². The number of hydrogen-bond donors (Lipinski definition) is 0. The summed E-state index contributed by atoms with van der Waals surface area (Å²) in [6.07, 6.45) is 0. The molecule has 0 N–H and O–H groups in total. The van der Waals surface area contributed by atoms with Crippen molar-refractivity contribution in [3.05, 3.63) is 39.1 Å². The molecule has 0 unspecified atom stereocenters. The number of ether oxygens (including phenoxy) is 1. The van der Waals surface area contributed by atoms with Crippen molar-refractivity contribution in [2.75, 3.05) is 6.61 Å². The van der Waals surface area contributed by atoms with E-state index in [9.17, 15) is 4.39 Å². The van der Waals surface area contributed by atoms with Crippen LogP contribution in [0.5, 0.6) is 5.75 Å². The molecule has 0 amide bonds. The quantitative estimate of drug-likeness (QED) is 0.809. The lowest BCUT2D eigenvalue weighted by Gasteiger charge is -2.05. The molecule has 0 aromatic heterocycles. The average Bonchev–Trinajstić information content (AvgIpc) is 2.19. The molecule has 0 aliphatic rings. The Morgan fingerprint density at radius 1 is 1.57 bits per heavy atom. The van der Waals surface area contributed by atoms with E-state index in [1.807, 2.05) is 0 Å². The second kappa shape index (κ2) is 5.59. The van der Waals surface area contributed by atoms with Gasteiger partial charge >= 0.3 is 0 Å². The summed E-state index contributed by atoms with van der Waals surface area (Å²) in [5.41, 5.74) is 1.22. The first kappa shape index (κ1) is 11.8. The molecular formula is C9H6BrCl2FO. The summed E-state index contributed by atoms with van der Waals surface area (Å²) in [6.45, 7) is 0.170. The highest BCUT2D eigenvalue weighted by Gasteiger charge is 2.01. The van der Waals surface area contributed by atoms with Gasteiger partial charge in [0.05, 0.1) is 9.51 Å². The van der Waals surface area contributed by atoms with Crippen LogP contribution in [-0.2, 0) is 0 Å². The van der Waals surface area contributed by atoms with E-state index in [-0.39, 0.29) is 12.4 Å². The Morgan fingerprint density at radius 2 is 2.29 bits per heavy atom. The lowest BCUT2D eigenvalue weighted by atomic mass is 10.3. The van der Waals surface area contributed by atoms with E-state index in [2.05, 4.69) is 15.9 Å². The van der Waals surface area contributed by atoms with Gasteiger partial charge in [-0.15, -0.1) is 0 Å². The standard InChI is InChI=1S/C9H6BrCl2FO/c10-8-3-7(1-2-9(8)13)14-5-6(12)4-11/h1-4H,5H2/b6-4-. The highest BCUT2D eigenvalue weighted by Crippen LogP contribution is 2.22. The highest BCUT2D eigenvalue weighted by molar-refractivity contribution is 9.10. The summed E-state index contributed by atoms with van der Waals surface area (Å²) in [4.78, 5) is 0. The highest BCUT2D eigenvalue weighted by atomic mass is 79.9. The Bertz CT molecular complexity index is 355. The summed E-state index contributed by atoms with van der Waals surface area (Å²) in [5, 5.41) is 0.382.